The van der Waals surface area contributed by atoms with E-state index in [4.69, 9.17) is 4.79 Å². The van der Waals surface area contributed by atoms with Gasteiger partial charge < -0.3 is 38.2 Å². The van der Waals surface area contributed by atoms with Crippen molar-refractivity contribution in [1.82, 2.24) is 0 Å². The zero-order chi connectivity index (χ0) is 10.7. The quantitative estimate of drug-likeness (QED) is 0.521. The molecule has 2 N–H and O–H groups in total. The molecule has 0 saturated carbocycles. The van der Waals surface area contributed by atoms with Gasteiger partial charge in [0.2, 0.25) is 0 Å². The summed E-state index contributed by atoms with van der Waals surface area (Å²) in [5, 5.41) is 0. The zero-order valence-corrected chi connectivity index (χ0v) is 11.3. The minimum Gasteiger partial charge on any atom is -0.543 e. The van der Waals surface area contributed by atoms with Crippen molar-refractivity contribution in [3.05, 3.63) is 27.7 Å². The third kappa shape index (κ3) is 7260. The van der Waals surface area contributed by atoms with Gasteiger partial charge in [0, 0.05) is 26.2 Å². The van der Waals surface area contributed by atoms with Gasteiger partial charge in [0.15, 0.2) is 0 Å². The van der Waals surface area contributed by atoms with Crippen LogP contribution in [0.3, 0.4) is 0 Å². The smallest absolute Gasteiger partial charge is 0 e. The van der Waals surface area contributed by atoms with Gasteiger partial charge in [-0.25, -0.2) is 0 Å². The predicted molar refractivity (Wildman–Crippen MR) is 54.0 cm³/mol. The summed E-state index contributed by atoms with van der Waals surface area (Å²) in [4.78, 5) is 8.46. The molecule has 0 fully saturated rings. The maximum absolute atomic E-state index is 8.46. The Morgan fingerprint density at radius 1 is 0.833 bits per heavy atom. The molecule has 0 aromatic heterocycles. The summed E-state index contributed by atoms with van der Waals surface area (Å²) in [6.07, 6.45) is 1.00. The van der Waals surface area contributed by atoms with Crippen LogP contribution in [0, 0.1) is 27.7 Å². The average Bonchev–Trinajstić information content (AvgIpc) is 2.18. The minimum absolute atomic E-state index is 0. The molecular formula is C9H22NOZr-5. The standard InChI is InChI=1S/4C2H5.CH2NO.Zr/c4*1-2;2-1-3;/h4*1H2,2H3;(H2,2,3);/q5*-1;. The second-order valence-electron chi connectivity index (χ2n) is 0.118. The zero-order valence-electron chi connectivity index (χ0n) is 8.81. The molecule has 12 heavy (non-hydrogen) atoms. The first-order valence-electron chi connectivity index (χ1n) is 3.32. The van der Waals surface area contributed by atoms with E-state index in [9.17, 15) is 0 Å². The van der Waals surface area contributed by atoms with E-state index in [1.165, 1.54) is 0 Å². The third-order valence-electron chi connectivity index (χ3n) is 0. The number of carbonyl (C=O) groups excluding carboxylic acids is 1. The van der Waals surface area contributed by atoms with Crippen molar-refractivity contribution in [1.29, 1.82) is 0 Å². The number of amides is 1. The van der Waals surface area contributed by atoms with Crippen molar-refractivity contribution in [2.75, 3.05) is 0 Å². The van der Waals surface area contributed by atoms with Crippen molar-refractivity contribution >= 4 is 6.41 Å². The Balaban J connectivity index is -0.00000000933. The Labute approximate surface area is 98.4 Å². The molecule has 0 aliphatic heterocycles. The first-order chi connectivity index (χ1) is 5.41. The molecule has 0 aliphatic carbocycles. The summed E-state index contributed by atoms with van der Waals surface area (Å²) in [6, 6.07) is 0. The van der Waals surface area contributed by atoms with Crippen LogP contribution in [-0.4, -0.2) is 6.41 Å². The summed E-state index contributed by atoms with van der Waals surface area (Å²) < 4.78 is 0. The van der Waals surface area contributed by atoms with Crippen LogP contribution in [0.1, 0.15) is 27.7 Å². The molecule has 78 valence electrons. The van der Waals surface area contributed by atoms with E-state index in [0.29, 0.717) is 0 Å². The summed E-state index contributed by atoms with van der Waals surface area (Å²) in [6.45, 7) is 20.0. The van der Waals surface area contributed by atoms with Crippen LogP contribution in [0.5, 0.6) is 0 Å². The van der Waals surface area contributed by atoms with Gasteiger partial charge in [0.1, 0.15) is 0 Å². The molecule has 0 bridgehead atoms. The normalized spacial score (nSPS) is 3.00. The minimum atomic E-state index is 0. The maximum Gasteiger partial charge on any atom is 0 e. The molecule has 0 aromatic carbocycles. The van der Waals surface area contributed by atoms with Gasteiger partial charge in [-0.3, -0.25) is 0 Å². The van der Waals surface area contributed by atoms with Crippen molar-refractivity contribution in [2.45, 2.75) is 27.7 Å². The summed E-state index contributed by atoms with van der Waals surface area (Å²) in [5.41, 5.74) is 4.04. The van der Waals surface area contributed by atoms with Gasteiger partial charge in [-0.15, -0.1) is 0 Å². The molecule has 0 aliphatic rings. The van der Waals surface area contributed by atoms with Crippen LogP contribution in [0.25, 0.3) is 0 Å². The number of nitrogens with two attached hydrogens (primary N) is 1. The van der Waals surface area contributed by atoms with E-state index in [-0.39, 0.29) is 26.2 Å². The second-order valence-corrected chi connectivity index (χ2v) is 0.118. The fraction of sp³-hybridized carbons (Fsp3) is 0.444. The van der Waals surface area contributed by atoms with Gasteiger partial charge in [-0.05, 0) is 0 Å². The molecule has 1 amide bonds. The number of hydrogen-bond donors (Lipinski definition) is 1. The van der Waals surface area contributed by atoms with E-state index in [1.54, 1.807) is 27.7 Å². The second kappa shape index (κ2) is 665. The van der Waals surface area contributed by atoms with Gasteiger partial charge >= 0.3 is 0 Å². The monoisotopic (exact) mass is 250 g/mol. The Morgan fingerprint density at radius 3 is 0.833 bits per heavy atom. The fourth-order valence-electron chi connectivity index (χ4n) is 0. The topological polar surface area (TPSA) is 43.1 Å². The molecule has 2 nitrogen and oxygen atoms in total. The maximum atomic E-state index is 8.46. The SMILES string of the molecule is N[C-]=O.[CH2-]C.[CH2-]C.[CH2-]C.[CH2-]C.[Zr]. The Kier molecular flexibility index (Phi) is 2180. The first kappa shape index (κ1) is 39.4. The Hall–Kier alpha value is 0.353. The molecule has 0 unspecified atom stereocenters. The van der Waals surface area contributed by atoms with Crippen LogP contribution in [-0.2, 0) is 31.0 Å². The van der Waals surface area contributed by atoms with E-state index in [0.717, 1.165) is 6.41 Å². The number of hydrogen-bond acceptors (Lipinski definition) is 1. The van der Waals surface area contributed by atoms with Gasteiger partial charge in [-0.2, -0.15) is 34.1 Å². The van der Waals surface area contributed by atoms with Crippen LogP contribution in [0.4, 0.5) is 0 Å². The van der Waals surface area contributed by atoms with Gasteiger partial charge in [0.05, 0.1) is 0 Å². The van der Waals surface area contributed by atoms with Crippen molar-refractivity contribution in [2.24, 2.45) is 5.73 Å². The van der Waals surface area contributed by atoms with Crippen molar-refractivity contribution in [3.63, 3.8) is 0 Å². The van der Waals surface area contributed by atoms with E-state index in [1.807, 2.05) is 0 Å². The van der Waals surface area contributed by atoms with Gasteiger partial charge in [-0.1, -0.05) is 0 Å². The van der Waals surface area contributed by atoms with Crippen LogP contribution >= 0.6 is 0 Å². The Morgan fingerprint density at radius 2 is 0.833 bits per heavy atom. The molecule has 0 spiro atoms. The number of primary amides is 1. The molecule has 0 rings (SSSR count). The largest absolute Gasteiger partial charge is 0.543 e. The van der Waals surface area contributed by atoms with Crippen molar-refractivity contribution < 1.29 is 31.0 Å². The molecular weight excluding hydrogens is 229 g/mol. The summed E-state index contributed by atoms with van der Waals surface area (Å²) >= 11 is 0. The molecule has 0 heterocycles. The first-order valence-corrected chi connectivity index (χ1v) is 3.32. The van der Waals surface area contributed by atoms with Crippen molar-refractivity contribution in [3.8, 4) is 0 Å². The summed E-state index contributed by atoms with van der Waals surface area (Å²) in [5.74, 6) is 0. The molecule has 0 atom stereocenters. The Bertz CT molecular complexity index is 22.0. The van der Waals surface area contributed by atoms with E-state index >= 15 is 0 Å². The average molecular weight is 252 g/mol. The van der Waals surface area contributed by atoms with E-state index in [2.05, 4.69) is 33.4 Å². The summed E-state index contributed by atoms with van der Waals surface area (Å²) in [7, 11) is 0. The third-order valence-corrected chi connectivity index (χ3v) is 0. The molecule has 0 radical (unpaired) electrons. The van der Waals surface area contributed by atoms with Gasteiger partial charge in [0.25, 0.3) is 0 Å². The van der Waals surface area contributed by atoms with Crippen LogP contribution in [0.2, 0.25) is 0 Å². The number of rotatable bonds is 0. The van der Waals surface area contributed by atoms with Crippen LogP contribution < -0.4 is 5.73 Å². The fourth-order valence-corrected chi connectivity index (χ4v) is 0. The van der Waals surface area contributed by atoms with E-state index < -0.39 is 0 Å². The predicted octanol–water partition coefficient (Wildman–Crippen LogP) is 2.37. The molecule has 3 heteroatoms. The molecule has 0 saturated heterocycles. The van der Waals surface area contributed by atoms with Crippen LogP contribution in [0.15, 0.2) is 0 Å². The molecule has 0 aromatic rings.